The second-order valence-electron chi connectivity index (χ2n) is 11.9. The van der Waals surface area contributed by atoms with Crippen molar-refractivity contribution in [1.82, 2.24) is 5.32 Å². The highest BCUT2D eigenvalue weighted by Gasteiger charge is 2.37. The lowest BCUT2D eigenvalue weighted by Gasteiger charge is -2.42. The summed E-state index contributed by atoms with van der Waals surface area (Å²) in [7, 11) is 0. The monoisotopic (exact) mass is 503 g/mol. The zero-order chi connectivity index (χ0) is 25.9. The van der Waals surface area contributed by atoms with Gasteiger partial charge in [-0.2, -0.15) is 0 Å². The number of fused-ring (bicyclic) bond motifs is 1. The third-order valence-corrected chi connectivity index (χ3v) is 8.04. The minimum atomic E-state index is 0.158. The molecule has 1 aliphatic rings. The Morgan fingerprint density at radius 1 is 0.806 bits per heavy atom. The van der Waals surface area contributed by atoms with Crippen LogP contribution in [0.4, 0.5) is 0 Å². The molecular weight excluding hydrogens is 462 g/mol. The number of hydrogen-bond donors (Lipinski definition) is 1. The highest BCUT2D eigenvalue weighted by atomic mass is 35.5. The van der Waals surface area contributed by atoms with Crippen LogP contribution in [0.1, 0.15) is 78.4 Å². The molecule has 0 atom stereocenters. The molecule has 0 unspecified atom stereocenters. The second kappa shape index (κ2) is 11.0. The Morgan fingerprint density at radius 3 is 2.19 bits per heavy atom. The zero-order valence-electron chi connectivity index (χ0n) is 22.9. The van der Waals surface area contributed by atoms with Gasteiger partial charge in [-0.3, -0.25) is 0 Å². The van der Waals surface area contributed by atoms with Gasteiger partial charge >= 0.3 is 0 Å². The Labute approximate surface area is 223 Å². The summed E-state index contributed by atoms with van der Waals surface area (Å²) in [5, 5.41) is 4.25. The highest BCUT2D eigenvalue weighted by Crippen LogP contribution is 2.47. The van der Waals surface area contributed by atoms with Gasteiger partial charge in [0.15, 0.2) is 0 Å². The van der Waals surface area contributed by atoms with Crippen LogP contribution < -0.4 is 10.1 Å². The van der Waals surface area contributed by atoms with Crippen LogP contribution in [0, 0.1) is 0 Å². The van der Waals surface area contributed by atoms with Gasteiger partial charge in [0.1, 0.15) is 5.75 Å². The van der Waals surface area contributed by atoms with Gasteiger partial charge in [-0.15, -0.1) is 0 Å². The predicted octanol–water partition coefficient (Wildman–Crippen LogP) is 9.18. The van der Waals surface area contributed by atoms with E-state index in [1.807, 2.05) is 18.2 Å². The zero-order valence-corrected chi connectivity index (χ0v) is 23.6. The average Bonchev–Trinajstić information content (AvgIpc) is 2.84. The van der Waals surface area contributed by atoms with Crippen LogP contribution in [0.15, 0.2) is 60.7 Å². The Balaban J connectivity index is 1.70. The molecule has 1 aliphatic carbocycles. The van der Waals surface area contributed by atoms with E-state index in [1.165, 1.54) is 29.5 Å². The number of ether oxygens (including phenoxy) is 1. The van der Waals surface area contributed by atoms with E-state index in [9.17, 15) is 0 Å². The van der Waals surface area contributed by atoms with Gasteiger partial charge in [0.2, 0.25) is 0 Å². The minimum absolute atomic E-state index is 0.158. The molecule has 1 N–H and O–H groups in total. The van der Waals surface area contributed by atoms with Crippen LogP contribution in [0.3, 0.4) is 0 Å². The standard InChI is InChI=1S/C33H42ClNO/c1-23(2)35-19-9-10-20-36-31-16-14-24(26-11-7-8-12-30(26)34)21-27(31)25-13-15-28-29(22-25)33(5,6)18-17-32(28,3)4/h7-8,11-16,21-23,35H,9-10,17-20H2,1-6H3. The van der Waals surface area contributed by atoms with E-state index >= 15 is 0 Å². The van der Waals surface area contributed by atoms with E-state index in [0.717, 1.165) is 46.8 Å². The molecule has 0 saturated carbocycles. The molecule has 0 aromatic heterocycles. The fourth-order valence-corrected chi connectivity index (χ4v) is 5.55. The van der Waals surface area contributed by atoms with Crippen molar-refractivity contribution in [3.63, 3.8) is 0 Å². The molecule has 192 valence electrons. The lowest BCUT2D eigenvalue weighted by Crippen LogP contribution is -2.33. The number of nitrogens with one attached hydrogen (secondary N) is 1. The summed E-state index contributed by atoms with van der Waals surface area (Å²) in [5.74, 6) is 0.940. The molecule has 0 heterocycles. The summed E-state index contributed by atoms with van der Waals surface area (Å²) < 4.78 is 6.40. The molecule has 0 radical (unpaired) electrons. The molecule has 0 fully saturated rings. The fraction of sp³-hybridized carbons (Fsp3) is 0.455. The van der Waals surface area contributed by atoms with Crippen molar-refractivity contribution in [3.8, 4) is 28.0 Å². The van der Waals surface area contributed by atoms with Crippen molar-refractivity contribution in [3.05, 3.63) is 76.8 Å². The van der Waals surface area contributed by atoms with Crippen LogP contribution >= 0.6 is 11.6 Å². The van der Waals surface area contributed by atoms with Gasteiger partial charge in [-0.05, 0) is 83.5 Å². The molecule has 3 heteroatoms. The largest absolute Gasteiger partial charge is 0.493 e. The Morgan fingerprint density at radius 2 is 1.47 bits per heavy atom. The van der Waals surface area contributed by atoms with Crippen molar-refractivity contribution in [2.75, 3.05) is 13.2 Å². The first kappa shape index (κ1) is 26.8. The van der Waals surface area contributed by atoms with E-state index in [2.05, 4.69) is 89.3 Å². The molecule has 4 rings (SSSR count). The summed E-state index contributed by atoms with van der Waals surface area (Å²) in [6, 6.07) is 22.1. The average molecular weight is 504 g/mol. The second-order valence-corrected chi connectivity index (χ2v) is 12.3. The van der Waals surface area contributed by atoms with E-state index in [0.29, 0.717) is 12.6 Å². The summed E-state index contributed by atoms with van der Waals surface area (Å²) in [4.78, 5) is 0. The minimum Gasteiger partial charge on any atom is -0.493 e. The van der Waals surface area contributed by atoms with Gasteiger partial charge in [-0.25, -0.2) is 0 Å². The number of unbranched alkanes of at least 4 members (excludes halogenated alkanes) is 1. The number of halogens is 1. The molecule has 0 spiro atoms. The van der Waals surface area contributed by atoms with Gasteiger partial charge in [0, 0.05) is 22.2 Å². The molecule has 3 aromatic rings. The third kappa shape index (κ3) is 5.98. The Bertz CT molecular complexity index is 1190. The normalized spacial score (nSPS) is 16.1. The van der Waals surface area contributed by atoms with E-state index in [4.69, 9.17) is 16.3 Å². The maximum atomic E-state index is 6.58. The van der Waals surface area contributed by atoms with Gasteiger partial charge in [0.25, 0.3) is 0 Å². The Kier molecular flexibility index (Phi) is 8.17. The van der Waals surface area contributed by atoms with Crippen LogP contribution in [0.2, 0.25) is 5.02 Å². The van der Waals surface area contributed by atoms with E-state index in [1.54, 1.807) is 0 Å². The van der Waals surface area contributed by atoms with Gasteiger partial charge in [0.05, 0.1) is 6.61 Å². The third-order valence-electron chi connectivity index (χ3n) is 7.71. The summed E-state index contributed by atoms with van der Waals surface area (Å²) in [5.41, 5.74) is 7.81. The first-order chi connectivity index (χ1) is 17.1. The maximum Gasteiger partial charge on any atom is 0.127 e. The van der Waals surface area contributed by atoms with Crippen LogP contribution in [-0.2, 0) is 10.8 Å². The van der Waals surface area contributed by atoms with Crippen LogP contribution in [-0.4, -0.2) is 19.2 Å². The highest BCUT2D eigenvalue weighted by molar-refractivity contribution is 6.33. The molecule has 0 aliphatic heterocycles. The van der Waals surface area contributed by atoms with Crippen molar-refractivity contribution in [2.45, 2.75) is 84.1 Å². The molecule has 36 heavy (non-hydrogen) atoms. The summed E-state index contributed by atoms with van der Waals surface area (Å²) >= 11 is 6.58. The van der Waals surface area contributed by atoms with E-state index < -0.39 is 0 Å². The summed E-state index contributed by atoms with van der Waals surface area (Å²) in [6.07, 6.45) is 4.54. The van der Waals surface area contributed by atoms with Crippen molar-refractivity contribution < 1.29 is 4.74 Å². The predicted molar refractivity (Wildman–Crippen MR) is 155 cm³/mol. The lowest BCUT2D eigenvalue weighted by atomic mass is 9.63. The first-order valence-electron chi connectivity index (χ1n) is 13.5. The molecule has 0 amide bonds. The lowest BCUT2D eigenvalue weighted by molar-refractivity contribution is 0.306. The van der Waals surface area contributed by atoms with Crippen molar-refractivity contribution >= 4 is 11.6 Å². The maximum absolute atomic E-state index is 6.58. The van der Waals surface area contributed by atoms with Crippen molar-refractivity contribution in [2.24, 2.45) is 0 Å². The first-order valence-corrected chi connectivity index (χ1v) is 13.9. The molecule has 0 bridgehead atoms. The van der Waals surface area contributed by atoms with Gasteiger partial charge in [-0.1, -0.05) is 95.6 Å². The molecule has 2 nitrogen and oxygen atoms in total. The number of hydrogen-bond acceptors (Lipinski definition) is 2. The SMILES string of the molecule is CC(C)NCCCCOc1ccc(-c2ccccc2Cl)cc1-c1ccc2c(c1)C(C)(C)CCC2(C)C. The molecular formula is C33H42ClNO. The smallest absolute Gasteiger partial charge is 0.127 e. The fourth-order valence-electron chi connectivity index (χ4n) is 5.30. The van der Waals surface area contributed by atoms with Crippen molar-refractivity contribution in [1.29, 1.82) is 0 Å². The summed E-state index contributed by atoms with van der Waals surface area (Å²) in [6.45, 7) is 15.6. The van der Waals surface area contributed by atoms with Crippen LogP contribution in [0.25, 0.3) is 22.3 Å². The quantitative estimate of drug-likeness (QED) is 0.294. The van der Waals surface area contributed by atoms with Gasteiger partial charge < -0.3 is 10.1 Å². The molecule has 0 saturated heterocycles. The number of benzene rings is 3. The topological polar surface area (TPSA) is 21.3 Å². The molecule has 3 aromatic carbocycles. The Hall–Kier alpha value is -2.29. The number of rotatable bonds is 9. The van der Waals surface area contributed by atoms with Crippen LogP contribution in [0.5, 0.6) is 5.75 Å². The van der Waals surface area contributed by atoms with E-state index in [-0.39, 0.29) is 10.8 Å².